The molecule has 0 aliphatic carbocycles. The lowest BCUT2D eigenvalue weighted by Crippen LogP contribution is -2.35. The van der Waals surface area contributed by atoms with Crippen molar-refractivity contribution < 1.29 is 19.5 Å². The molecule has 2 unspecified atom stereocenters. The highest BCUT2D eigenvalue weighted by molar-refractivity contribution is 6.06. The van der Waals surface area contributed by atoms with Crippen LogP contribution in [0.5, 0.6) is 0 Å². The predicted molar refractivity (Wildman–Crippen MR) is 54.0 cm³/mol. The average molecular weight is 215 g/mol. The number of rotatable bonds is 2. The fourth-order valence-corrected chi connectivity index (χ4v) is 1.32. The SMILES string of the molecule is CC.CC1C(=O)N(CC(=O)O)C(=O)C1C. The van der Waals surface area contributed by atoms with E-state index in [1.54, 1.807) is 13.8 Å². The van der Waals surface area contributed by atoms with Crippen molar-refractivity contribution in [3.63, 3.8) is 0 Å². The van der Waals surface area contributed by atoms with Crippen LogP contribution in [0.1, 0.15) is 27.7 Å². The maximum atomic E-state index is 11.3. The summed E-state index contributed by atoms with van der Waals surface area (Å²) in [6, 6.07) is 0. The molecule has 15 heavy (non-hydrogen) atoms. The predicted octanol–water partition coefficient (Wildman–Crippen LogP) is 0.738. The van der Waals surface area contributed by atoms with Crippen LogP contribution in [0.3, 0.4) is 0 Å². The summed E-state index contributed by atoms with van der Waals surface area (Å²) in [6.07, 6.45) is 0. The summed E-state index contributed by atoms with van der Waals surface area (Å²) in [7, 11) is 0. The van der Waals surface area contributed by atoms with Gasteiger partial charge < -0.3 is 5.11 Å². The molecule has 0 saturated carbocycles. The van der Waals surface area contributed by atoms with Crippen LogP contribution in [0.15, 0.2) is 0 Å². The monoisotopic (exact) mass is 215 g/mol. The quantitative estimate of drug-likeness (QED) is 0.689. The van der Waals surface area contributed by atoms with E-state index in [9.17, 15) is 14.4 Å². The van der Waals surface area contributed by atoms with E-state index in [1.807, 2.05) is 13.8 Å². The van der Waals surface area contributed by atoms with Crippen LogP contribution >= 0.6 is 0 Å². The van der Waals surface area contributed by atoms with Crippen molar-refractivity contribution in [3.05, 3.63) is 0 Å². The van der Waals surface area contributed by atoms with Gasteiger partial charge >= 0.3 is 5.97 Å². The van der Waals surface area contributed by atoms with E-state index >= 15 is 0 Å². The molecule has 0 bridgehead atoms. The van der Waals surface area contributed by atoms with Crippen LogP contribution < -0.4 is 0 Å². The maximum absolute atomic E-state index is 11.3. The first-order chi connectivity index (χ1) is 6.95. The number of carboxylic acid groups (broad SMARTS) is 1. The van der Waals surface area contributed by atoms with E-state index in [2.05, 4.69) is 0 Å². The molecule has 0 aromatic carbocycles. The lowest BCUT2D eigenvalue weighted by Gasteiger charge is -2.10. The van der Waals surface area contributed by atoms with E-state index in [4.69, 9.17) is 5.11 Å². The number of carbonyl (C=O) groups excluding carboxylic acids is 2. The standard InChI is InChI=1S/C8H11NO4.C2H6/c1-4-5(2)8(13)9(7(4)12)3-6(10)11;1-2/h4-5H,3H2,1-2H3,(H,10,11);1-2H3. The molecule has 1 saturated heterocycles. The van der Waals surface area contributed by atoms with Crippen molar-refractivity contribution in [1.82, 2.24) is 4.90 Å². The third-order valence-electron chi connectivity index (χ3n) is 2.35. The Labute approximate surface area is 89.1 Å². The Balaban J connectivity index is 0.000000921. The molecule has 2 amide bonds. The molecule has 1 rings (SSSR count). The molecule has 5 nitrogen and oxygen atoms in total. The maximum Gasteiger partial charge on any atom is 0.323 e. The van der Waals surface area contributed by atoms with Gasteiger partial charge in [-0.25, -0.2) is 0 Å². The lowest BCUT2D eigenvalue weighted by molar-refractivity contribution is -0.149. The lowest BCUT2D eigenvalue weighted by atomic mass is 10.00. The molecule has 0 aromatic rings. The zero-order valence-electron chi connectivity index (χ0n) is 9.48. The van der Waals surface area contributed by atoms with E-state index in [-0.39, 0.29) is 11.8 Å². The van der Waals surface area contributed by atoms with Crippen LogP contribution in [0, 0.1) is 11.8 Å². The Hall–Kier alpha value is -1.39. The molecule has 5 heteroatoms. The number of hydrogen-bond acceptors (Lipinski definition) is 3. The number of imide groups is 1. The van der Waals surface area contributed by atoms with Gasteiger partial charge in [0.15, 0.2) is 0 Å². The molecule has 1 aliphatic heterocycles. The average Bonchev–Trinajstić information content (AvgIpc) is 2.38. The van der Waals surface area contributed by atoms with Crippen LogP contribution in [-0.2, 0) is 14.4 Å². The van der Waals surface area contributed by atoms with Gasteiger partial charge in [0.05, 0.1) is 0 Å². The van der Waals surface area contributed by atoms with Crippen molar-refractivity contribution >= 4 is 17.8 Å². The second-order valence-electron chi connectivity index (χ2n) is 3.23. The number of carboxylic acids is 1. The van der Waals surface area contributed by atoms with Crippen molar-refractivity contribution in [3.8, 4) is 0 Å². The fraction of sp³-hybridized carbons (Fsp3) is 0.700. The minimum Gasteiger partial charge on any atom is -0.480 e. The van der Waals surface area contributed by atoms with Gasteiger partial charge in [-0.3, -0.25) is 19.3 Å². The number of likely N-dealkylation sites (tertiary alicyclic amines) is 1. The van der Waals surface area contributed by atoms with E-state index in [1.165, 1.54) is 0 Å². The first-order valence-corrected chi connectivity index (χ1v) is 5.02. The Morgan fingerprint density at radius 3 is 1.80 bits per heavy atom. The molecule has 0 radical (unpaired) electrons. The van der Waals surface area contributed by atoms with Gasteiger partial charge in [-0.2, -0.15) is 0 Å². The molecule has 1 heterocycles. The summed E-state index contributed by atoms with van der Waals surface area (Å²) >= 11 is 0. The largest absolute Gasteiger partial charge is 0.480 e. The molecule has 1 aliphatic rings. The number of aliphatic carboxylic acids is 1. The summed E-state index contributed by atoms with van der Waals surface area (Å²) in [6.45, 7) is 6.74. The van der Waals surface area contributed by atoms with Gasteiger partial charge in [-0.15, -0.1) is 0 Å². The fourth-order valence-electron chi connectivity index (χ4n) is 1.32. The molecule has 2 atom stereocenters. The summed E-state index contributed by atoms with van der Waals surface area (Å²) in [5.41, 5.74) is 0. The second kappa shape index (κ2) is 5.48. The minimum absolute atomic E-state index is 0.389. The normalized spacial score (nSPS) is 24.9. The van der Waals surface area contributed by atoms with Gasteiger partial charge in [0.25, 0.3) is 0 Å². The number of nitrogens with zero attached hydrogens (tertiary/aromatic N) is 1. The second-order valence-corrected chi connectivity index (χ2v) is 3.23. The van der Waals surface area contributed by atoms with Gasteiger partial charge in [0.2, 0.25) is 11.8 Å². The van der Waals surface area contributed by atoms with Crippen molar-refractivity contribution in [1.29, 1.82) is 0 Å². The number of amides is 2. The summed E-state index contributed by atoms with van der Waals surface area (Å²) in [5, 5.41) is 8.44. The molecular weight excluding hydrogens is 198 g/mol. The third kappa shape index (κ3) is 2.78. The van der Waals surface area contributed by atoms with Crippen LogP contribution in [0.4, 0.5) is 0 Å². The Bertz CT molecular complexity index is 255. The van der Waals surface area contributed by atoms with Crippen LogP contribution in [0.25, 0.3) is 0 Å². The Morgan fingerprint density at radius 1 is 1.20 bits per heavy atom. The van der Waals surface area contributed by atoms with E-state index in [0.717, 1.165) is 4.90 Å². The Morgan fingerprint density at radius 2 is 1.53 bits per heavy atom. The molecule has 1 fully saturated rings. The van der Waals surface area contributed by atoms with E-state index < -0.39 is 24.3 Å². The zero-order valence-corrected chi connectivity index (χ0v) is 9.48. The summed E-state index contributed by atoms with van der Waals surface area (Å²) < 4.78 is 0. The molecule has 86 valence electrons. The summed E-state index contributed by atoms with van der Waals surface area (Å²) in [5.74, 6) is -2.73. The topological polar surface area (TPSA) is 74.7 Å². The highest BCUT2D eigenvalue weighted by Crippen LogP contribution is 2.24. The number of hydrogen-bond donors (Lipinski definition) is 1. The number of carbonyl (C=O) groups is 3. The highest BCUT2D eigenvalue weighted by Gasteiger charge is 2.42. The first-order valence-electron chi connectivity index (χ1n) is 5.02. The van der Waals surface area contributed by atoms with Gasteiger partial charge in [-0.05, 0) is 0 Å². The summed E-state index contributed by atoms with van der Waals surface area (Å²) in [4.78, 5) is 33.7. The van der Waals surface area contributed by atoms with Gasteiger partial charge in [0, 0.05) is 11.8 Å². The van der Waals surface area contributed by atoms with E-state index in [0.29, 0.717) is 0 Å². The van der Waals surface area contributed by atoms with Crippen molar-refractivity contribution in [2.75, 3.05) is 6.54 Å². The van der Waals surface area contributed by atoms with Crippen LogP contribution in [0.2, 0.25) is 0 Å². The third-order valence-corrected chi connectivity index (χ3v) is 2.35. The van der Waals surface area contributed by atoms with Crippen LogP contribution in [-0.4, -0.2) is 34.3 Å². The van der Waals surface area contributed by atoms with Crippen molar-refractivity contribution in [2.45, 2.75) is 27.7 Å². The molecule has 0 spiro atoms. The Kier molecular flexibility index (Phi) is 4.97. The smallest absolute Gasteiger partial charge is 0.323 e. The molecular formula is C10H17NO4. The van der Waals surface area contributed by atoms with Gasteiger partial charge in [-0.1, -0.05) is 27.7 Å². The first kappa shape index (κ1) is 13.6. The minimum atomic E-state index is -1.16. The zero-order chi connectivity index (χ0) is 12.2. The van der Waals surface area contributed by atoms with Crippen molar-refractivity contribution in [2.24, 2.45) is 11.8 Å². The highest BCUT2D eigenvalue weighted by atomic mass is 16.4. The van der Waals surface area contributed by atoms with Gasteiger partial charge in [0.1, 0.15) is 6.54 Å². The molecule has 0 aromatic heterocycles. The molecule has 1 N–H and O–H groups in total.